The molecule has 3 aromatic rings. The topological polar surface area (TPSA) is 62.4 Å². The minimum atomic E-state index is -1.39. The first-order valence-corrected chi connectivity index (χ1v) is 10.5. The number of halogens is 3. The van der Waals surface area contributed by atoms with Gasteiger partial charge >= 0.3 is 5.97 Å². The molecule has 1 amide bonds. The van der Waals surface area contributed by atoms with Crippen LogP contribution >= 0.6 is 0 Å². The number of esters is 1. The Morgan fingerprint density at radius 1 is 1.06 bits per heavy atom. The first-order valence-electron chi connectivity index (χ1n) is 10.5. The number of hydrogen-bond donors (Lipinski definition) is 1. The highest BCUT2D eigenvalue weighted by atomic mass is 19.2. The zero-order chi connectivity index (χ0) is 24.1. The maximum atomic E-state index is 14.4. The molecule has 0 aliphatic carbocycles. The van der Waals surface area contributed by atoms with Crippen molar-refractivity contribution in [2.45, 2.75) is 39.2 Å². The van der Waals surface area contributed by atoms with Gasteiger partial charge in [-0.1, -0.05) is 32.0 Å². The molecule has 0 radical (unpaired) electrons. The summed E-state index contributed by atoms with van der Waals surface area (Å²) in [6.07, 6.45) is 0.867. The molecule has 1 N–H and O–H groups in total. The molecule has 2 heterocycles. The summed E-state index contributed by atoms with van der Waals surface area (Å²) in [4.78, 5) is 30.7. The van der Waals surface area contributed by atoms with Gasteiger partial charge in [-0.05, 0) is 31.5 Å². The van der Waals surface area contributed by atoms with Crippen LogP contribution in [0, 0.1) is 17.5 Å². The van der Waals surface area contributed by atoms with Crippen LogP contribution < -0.4 is 0 Å². The van der Waals surface area contributed by atoms with E-state index >= 15 is 0 Å². The van der Waals surface area contributed by atoms with E-state index in [4.69, 9.17) is 4.74 Å². The number of amides is 1. The number of nitrogens with one attached hydrogen (secondary N) is 1. The molecule has 2 aromatic carbocycles. The Hall–Kier alpha value is -3.55. The lowest BCUT2D eigenvalue weighted by atomic mass is 9.81. The van der Waals surface area contributed by atoms with E-state index in [2.05, 4.69) is 4.98 Å². The monoisotopic (exact) mass is 456 g/mol. The molecule has 0 unspecified atom stereocenters. The minimum Gasteiger partial charge on any atom is -0.459 e. The molecule has 8 heteroatoms. The van der Waals surface area contributed by atoms with Gasteiger partial charge in [0.05, 0.1) is 22.9 Å². The fourth-order valence-electron chi connectivity index (χ4n) is 4.22. The molecule has 0 atom stereocenters. The number of hydrogen-bond acceptors (Lipinski definition) is 3. The standard InChI is InChI=1S/C25H23F3N2O3/c1-13(2)33-24(32)16-11-30(23(31)15-9-18(27)19(28)10-17(15)26)12-25(3,4)21-14-7-5-6-8-20(14)29-22(16)21/h5-11,13,29H,12H2,1-4H3. The zero-order valence-electron chi connectivity index (χ0n) is 18.6. The first kappa shape index (κ1) is 22.6. The lowest BCUT2D eigenvalue weighted by Crippen LogP contribution is -2.37. The number of para-hydroxylation sites is 1. The van der Waals surface area contributed by atoms with Crippen LogP contribution in [0.25, 0.3) is 16.5 Å². The average Bonchev–Trinajstić information content (AvgIpc) is 3.07. The van der Waals surface area contributed by atoms with Gasteiger partial charge < -0.3 is 14.6 Å². The highest BCUT2D eigenvalue weighted by Gasteiger charge is 2.38. The van der Waals surface area contributed by atoms with Gasteiger partial charge in [-0.25, -0.2) is 18.0 Å². The van der Waals surface area contributed by atoms with Crippen molar-refractivity contribution in [3.8, 4) is 0 Å². The average molecular weight is 456 g/mol. The second-order valence-corrected chi connectivity index (χ2v) is 8.98. The number of nitrogens with zero attached hydrogens (tertiary/aromatic N) is 1. The number of ether oxygens (including phenoxy) is 1. The Morgan fingerprint density at radius 2 is 1.73 bits per heavy atom. The lowest BCUT2D eigenvalue weighted by molar-refractivity contribution is -0.140. The Morgan fingerprint density at radius 3 is 2.42 bits per heavy atom. The molecule has 5 nitrogen and oxygen atoms in total. The predicted octanol–water partition coefficient (Wildman–Crippen LogP) is 5.31. The third-order valence-corrected chi connectivity index (χ3v) is 5.57. The van der Waals surface area contributed by atoms with Gasteiger partial charge in [-0.15, -0.1) is 0 Å². The smallest absolute Gasteiger partial charge is 0.342 e. The van der Waals surface area contributed by atoms with Crippen molar-refractivity contribution in [3.63, 3.8) is 0 Å². The summed E-state index contributed by atoms with van der Waals surface area (Å²) in [5.74, 6) is -5.49. The van der Waals surface area contributed by atoms with Crippen LogP contribution in [0.5, 0.6) is 0 Å². The van der Waals surface area contributed by atoms with E-state index in [1.807, 2.05) is 38.1 Å². The minimum absolute atomic E-state index is 0.0531. The molecule has 0 bridgehead atoms. The number of carbonyl (C=O) groups excluding carboxylic acids is 2. The summed E-state index contributed by atoms with van der Waals surface area (Å²) in [5.41, 5.74) is 0.852. The summed E-state index contributed by atoms with van der Waals surface area (Å²) in [7, 11) is 0. The van der Waals surface area contributed by atoms with Crippen molar-refractivity contribution in [1.82, 2.24) is 9.88 Å². The van der Waals surface area contributed by atoms with Crippen LogP contribution in [0.1, 0.15) is 49.3 Å². The number of benzene rings is 2. The Bertz CT molecular complexity index is 1310. The SMILES string of the molecule is CC(C)OC(=O)C1=CN(C(=O)c2cc(F)c(F)cc2F)CC(C)(C)c2c1[nH]c1ccccc21. The third-order valence-electron chi connectivity index (χ3n) is 5.57. The Kier molecular flexibility index (Phi) is 5.56. The van der Waals surface area contributed by atoms with Gasteiger partial charge in [-0.3, -0.25) is 4.79 Å². The van der Waals surface area contributed by atoms with Crippen molar-refractivity contribution in [2.75, 3.05) is 6.54 Å². The second-order valence-electron chi connectivity index (χ2n) is 8.98. The van der Waals surface area contributed by atoms with Crippen molar-refractivity contribution in [2.24, 2.45) is 0 Å². The summed E-state index contributed by atoms with van der Waals surface area (Å²) >= 11 is 0. The zero-order valence-corrected chi connectivity index (χ0v) is 18.6. The summed E-state index contributed by atoms with van der Waals surface area (Å²) in [6.45, 7) is 7.23. The van der Waals surface area contributed by atoms with Crippen molar-refractivity contribution >= 4 is 28.4 Å². The summed E-state index contributed by atoms with van der Waals surface area (Å²) in [5, 5.41) is 0.869. The van der Waals surface area contributed by atoms with Gasteiger partial charge in [0.25, 0.3) is 5.91 Å². The summed E-state index contributed by atoms with van der Waals surface area (Å²) in [6, 6.07) is 8.38. The molecule has 1 aliphatic heterocycles. The molecule has 0 saturated carbocycles. The van der Waals surface area contributed by atoms with E-state index in [1.54, 1.807) is 13.8 Å². The van der Waals surface area contributed by atoms with E-state index in [-0.39, 0.29) is 12.1 Å². The number of aromatic nitrogens is 1. The van der Waals surface area contributed by atoms with Gasteiger partial charge in [0, 0.05) is 35.1 Å². The molecule has 172 valence electrons. The van der Waals surface area contributed by atoms with Crippen molar-refractivity contribution in [1.29, 1.82) is 0 Å². The highest BCUT2D eigenvalue weighted by molar-refractivity contribution is 6.18. The van der Waals surface area contributed by atoms with E-state index in [9.17, 15) is 22.8 Å². The fraction of sp³-hybridized carbons (Fsp3) is 0.280. The summed E-state index contributed by atoms with van der Waals surface area (Å²) < 4.78 is 47.0. The van der Waals surface area contributed by atoms with Crippen LogP contribution in [-0.2, 0) is 14.9 Å². The van der Waals surface area contributed by atoms with E-state index in [0.717, 1.165) is 21.4 Å². The lowest BCUT2D eigenvalue weighted by Gasteiger charge is -2.29. The van der Waals surface area contributed by atoms with Gasteiger partial charge in [0.15, 0.2) is 11.6 Å². The second kappa shape index (κ2) is 8.10. The van der Waals surface area contributed by atoms with E-state index in [1.165, 1.54) is 6.20 Å². The highest BCUT2D eigenvalue weighted by Crippen LogP contribution is 2.40. The molecule has 4 rings (SSSR count). The number of carbonyl (C=O) groups is 2. The molecular weight excluding hydrogens is 433 g/mol. The Labute approximate surface area is 188 Å². The number of fused-ring (bicyclic) bond motifs is 3. The number of rotatable bonds is 3. The van der Waals surface area contributed by atoms with Gasteiger partial charge in [0.2, 0.25) is 0 Å². The largest absolute Gasteiger partial charge is 0.459 e. The maximum Gasteiger partial charge on any atom is 0.342 e. The molecule has 1 aliphatic rings. The number of H-pyrrole nitrogens is 1. The molecule has 1 aromatic heterocycles. The number of aromatic amines is 1. The first-order chi connectivity index (χ1) is 15.5. The molecule has 0 spiro atoms. The van der Waals surface area contributed by atoms with Crippen LogP contribution in [-0.4, -0.2) is 34.4 Å². The van der Waals surface area contributed by atoms with E-state index < -0.39 is 46.4 Å². The Balaban J connectivity index is 1.91. The van der Waals surface area contributed by atoms with Crippen LogP contribution in [0.4, 0.5) is 13.2 Å². The molecular formula is C25H23F3N2O3. The molecule has 33 heavy (non-hydrogen) atoms. The molecule has 0 saturated heterocycles. The van der Waals surface area contributed by atoms with E-state index in [0.29, 0.717) is 17.8 Å². The van der Waals surface area contributed by atoms with Crippen LogP contribution in [0.15, 0.2) is 42.6 Å². The quantitative estimate of drug-likeness (QED) is 0.429. The maximum absolute atomic E-state index is 14.4. The predicted molar refractivity (Wildman–Crippen MR) is 118 cm³/mol. The third kappa shape index (κ3) is 4.01. The van der Waals surface area contributed by atoms with Gasteiger partial charge in [0.1, 0.15) is 5.82 Å². The van der Waals surface area contributed by atoms with Crippen LogP contribution in [0.2, 0.25) is 0 Å². The van der Waals surface area contributed by atoms with Crippen molar-refractivity contribution < 1.29 is 27.5 Å². The fourth-order valence-corrected chi connectivity index (χ4v) is 4.22. The van der Waals surface area contributed by atoms with Crippen molar-refractivity contribution in [3.05, 3.63) is 76.9 Å². The van der Waals surface area contributed by atoms with Crippen LogP contribution in [0.3, 0.4) is 0 Å². The molecule has 0 fully saturated rings. The normalized spacial score (nSPS) is 15.3. The van der Waals surface area contributed by atoms with Gasteiger partial charge in [-0.2, -0.15) is 0 Å².